The van der Waals surface area contributed by atoms with Crippen LogP contribution in [-0.4, -0.2) is 43.0 Å². The quantitative estimate of drug-likeness (QED) is 0.797. The first-order chi connectivity index (χ1) is 11.9. The monoisotopic (exact) mass is 365 g/mol. The molecule has 3 N–H and O–H groups in total. The first-order valence-corrected chi connectivity index (χ1v) is 10.5. The van der Waals surface area contributed by atoms with Crippen molar-refractivity contribution in [1.82, 2.24) is 9.62 Å². The highest BCUT2D eigenvalue weighted by Crippen LogP contribution is 2.32. The minimum atomic E-state index is -3.11. The fraction of sp³-hybridized carbons (Fsp3) is 0.611. The summed E-state index contributed by atoms with van der Waals surface area (Å²) in [4.78, 5) is 12.5. The van der Waals surface area contributed by atoms with E-state index in [1.165, 1.54) is 0 Å². The second-order valence-electron chi connectivity index (χ2n) is 7.15. The van der Waals surface area contributed by atoms with Crippen LogP contribution >= 0.6 is 0 Å². The van der Waals surface area contributed by atoms with Crippen LogP contribution in [0.2, 0.25) is 0 Å². The molecule has 1 aromatic rings. The van der Waals surface area contributed by atoms with E-state index < -0.39 is 10.0 Å². The number of carbonyl (C=O) groups is 1. The Balaban J connectivity index is 1.50. The number of nitrogens with one attached hydrogen (secondary N) is 1. The third-order valence-electron chi connectivity index (χ3n) is 5.24. The number of rotatable bonds is 6. The van der Waals surface area contributed by atoms with Gasteiger partial charge in [-0.2, -0.15) is 0 Å². The molecule has 1 amide bonds. The van der Waals surface area contributed by atoms with Crippen molar-refractivity contribution in [3.8, 4) is 0 Å². The fourth-order valence-corrected chi connectivity index (χ4v) is 5.16. The van der Waals surface area contributed by atoms with Gasteiger partial charge >= 0.3 is 0 Å². The molecule has 2 unspecified atom stereocenters. The van der Waals surface area contributed by atoms with Crippen LogP contribution in [0.15, 0.2) is 30.3 Å². The topological polar surface area (TPSA) is 92.5 Å². The summed E-state index contributed by atoms with van der Waals surface area (Å²) in [6.07, 6.45) is 2.89. The molecule has 25 heavy (non-hydrogen) atoms. The maximum atomic E-state index is 12.5. The molecule has 1 saturated heterocycles. The standard InChI is InChI=1S/C18H27N3O3S/c1-13(17(19)14-5-3-2-4-6-14)18(22)20-15-9-11-21(12-10-15)25(23,24)16-7-8-16/h2-6,13,15-17H,7-12,19H2,1H3,(H,20,22). The Bertz CT molecular complexity index is 696. The summed E-state index contributed by atoms with van der Waals surface area (Å²) >= 11 is 0. The van der Waals surface area contributed by atoms with E-state index in [4.69, 9.17) is 5.73 Å². The molecule has 2 aliphatic rings. The number of benzene rings is 1. The first-order valence-electron chi connectivity index (χ1n) is 8.99. The molecule has 138 valence electrons. The van der Waals surface area contributed by atoms with Gasteiger partial charge in [0.25, 0.3) is 0 Å². The smallest absolute Gasteiger partial charge is 0.224 e. The van der Waals surface area contributed by atoms with E-state index in [0.29, 0.717) is 25.9 Å². The van der Waals surface area contributed by atoms with Crippen molar-refractivity contribution in [2.24, 2.45) is 11.7 Å². The SMILES string of the molecule is CC(C(=O)NC1CCN(S(=O)(=O)C2CC2)CC1)C(N)c1ccccc1. The summed E-state index contributed by atoms with van der Waals surface area (Å²) in [6.45, 7) is 2.81. The summed E-state index contributed by atoms with van der Waals surface area (Å²) in [5.74, 6) is -0.407. The van der Waals surface area contributed by atoms with Gasteiger partial charge in [-0.1, -0.05) is 37.3 Å². The molecule has 1 saturated carbocycles. The molecular formula is C18H27N3O3S. The molecule has 1 aliphatic heterocycles. The molecule has 0 bridgehead atoms. The van der Waals surface area contributed by atoms with Crippen molar-refractivity contribution in [2.45, 2.75) is 49.9 Å². The van der Waals surface area contributed by atoms with Crippen LogP contribution < -0.4 is 11.1 Å². The van der Waals surface area contributed by atoms with Crippen molar-refractivity contribution in [3.05, 3.63) is 35.9 Å². The van der Waals surface area contributed by atoms with Crippen LogP contribution in [0, 0.1) is 5.92 Å². The predicted octanol–water partition coefficient (Wildman–Crippen LogP) is 1.40. The van der Waals surface area contributed by atoms with E-state index in [1.54, 1.807) is 4.31 Å². The zero-order valence-corrected chi connectivity index (χ0v) is 15.4. The van der Waals surface area contributed by atoms with E-state index >= 15 is 0 Å². The fourth-order valence-electron chi connectivity index (χ4n) is 3.29. The molecule has 1 aliphatic carbocycles. The van der Waals surface area contributed by atoms with Crippen molar-refractivity contribution in [2.75, 3.05) is 13.1 Å². The normalized spacial score (nSPS) is 22.3. The van der Waals surface area contributed by atoms with Crippen LogP contribution in [-0.2, 0) is 14.8 Å². The number of carbonyl (C=O) groups excluding carboxylic acids is 1. The number of nitrogens with zero attached hydrogens (tertiary/aromatic N) is 1. The molecule has 0 aromatic heterocycles. The van der Waals surface area contributed by atoms with Gasteiger partial charge in [-0.15, -0.1) is 0 Å². The van der Waals surface area contributed by atoms with Crippen molar-refractivity contribution >= 4 is 15.9 Å². The Kier molecular flexibility index (Phi) is 5.46. The first kappa shape index (κ1) is 18.4. The molecule has 0 spiro atoms. The minimum absolute atomic E-state index is 0.0172. The van der Waals surface area contributed by atoms with Crippen LogP contribution in [0.4, 0.5) is 0 Å². The average molecular weight is 365 g/mol. The van der Waals surface area contributed by atoms with E-state index in [1.807, 2.05) is 37.3 Å². The molecule has 2 atom stereocenters. The van der Waals surface area contributed by atoms with Gasteiger partial charge in [-0.05, 0) is 31.2 Å². The molecular weight excluding hydrogens is 338 g/mol. The summed E-state index contributed by atoms with van der Waals surface area (Å²) in [6, 6.07) is 9.27. The van der Waals surface area contributed by atoms with Crippen LogP contribution in [0.5, 0.6) is 0 Å². The van der Waals surface area contributed by atoms with Gasteiger partial charge in [-0.25, -0.2) is 12.7 Å². The van der Waals surface area contributed by atoms with Crippen molar-refractivity contribution in [1.29, 1.82) is 0 Å². The molecule has 3 rings (SSSR count). The number of nitrogens with two attached hydrogens (primary N) is 1. The Morgan fingerprint density at radius 3 is 2.32 bits per heavy atom. The van der Waals surface area contributed by atoms with Gasteiger partial charge in [0.05, 0.1) is 11.2 Å². The lowest BCUT2D eigenvalue weighted by Crippen LogP contribution is -2.49. The Morgan fingerprint density at radius 2 is 1.76 bits per heavy atom. The van der Waals surface area contributed by atoms with Crippen molar-refractivity contribution < 1.29 is 13.2 Å². The summed E-state index contributed by atoms with van der Waals surface area (Å²) in [5.41, 5.74) is 7.16. The second-order valence-corrected chi connectivity index (χ2v) is 9.36. The summed E-state index contributed by atoms with van der Waals surface area (Å²) < 4.78 is 26.1. The van der Waals surface area contributed by atoms with E-state index in [0.717, 1.165) is 18.4 Å². The lowest BCUT2D eigenvalue weighted by molar-refractivity contribution is -0.126. The molecule has 6 nitrogen and oxygen atoms in total. The predicted molar refractivity (Wildman–Crippen MR) is 97.2 cm³/mol. The average Bonchev–Trinajstić information content (AvgIpc) is 3.47. The Labute approximate surface area is 149 Å². The maximum Gasteiger partial charge on any atom is 0.224 e. The number of sulfonamides is 1. The third-order valence-corrected chi connectivity index (χ3v) is 7.64. The zero-order valence-electron chi connectivity index (χ0n) is 14.6. The Morgan fingerprint density at radius 1 is 1.16 bits per heavy atom. The second kappa shape index (κ2) is 7.43. The van der Waals surface area contributed by atoms with E-state index in [9.17, 15) is 13.2 Å². The largest absolute Gasteiger partial charge is 0.353 e. The van der Waals surface area contributed by atoms with Crippen LogP contribution in [0.25, 0.3) is 0 Å². The van der Waals surface area contributed by atoms with E-state index in [-0.39, 0.29) is 29.2 Å². The van der Waals surface area contributed by atoms with E-state index in [2.05, 4.69) is 5.32 Å². The van der Waals surface area contributed by atoms with Gasteiger partial charge in [0, 0.05) is 25.2 Å². The van der Waals surface area contributed by atoms with Gasteiger partial charge in [0.2, 0.25) is 15.9 Å². The number of hydrogen-bond donors (Lipinski definition) is 2. The number of piperidine rings is 1. The molecule has 1 aromatic carbocycles. The molecule has 0 radical (unpaired) electrons. The number of hydrogen-bond acceptors (Lipinski definition) is 4. The highest BCUT2D eigenvalue weighted by molar-refractivity contribution is 7.90. The van der Waals surface area contributed by atoms with Gasteiger partial charge < -0.3 is 11.1 Å². The molecule has 1 heterocycles. The van der Waals surface area contributed by atoms with Crippen LogP contribution in [0.3, 0.4) is 0 Å². The lowest BCUT2D eigenvalue weighted by Gasteiger charge is -2.32. The van der Waals surface area contributed by atoms with Gasteiger partial charge in [0.15, 0.2) is 0 Å². The highest BCUT2D eigenvalue weighted by Gasteiger charge is 2.41. The minimum Gasteiger partial charge on any atom is -0.353 e. The highest BCUT2D eigenvalue weighted by atomic mass is 32.2. The molecule has 7 heteroatoms. The zero-order chi connectivity index (χ0) is 18.0. The molecule has 2 fully saturated rings. The van der Waals surface area contributed by atoms with Gasteiger partial charge in [-0.3, -0.25) is 4.79 Å². The Hall–Kier alpha value is -1.44. The summed E-state index contributed by atoms with van der Waals surface area (Å²) in [7, 11) is -3.11. The van der Waals surface area contributed by atoms with Crippen LogP contribution in [0.1, 0.15) is 44.2 Å². The van der Waals surface area contributed by atoms with Gasteiger partial charge in [0.1, 0.15) is 0 Å². The number of amides is 1. The maximum absolute atomic E-state index is 12.5. The van der Waals surface area contributed by atoms with Crippen molar-refractivity contribution in [3.63, 3.8) is 0 Å². The lowest BCUT2D eigenvalue weighted by atomic mass is 9.94. The third kappa shape index (κ3) is 4.22. The summed E-state index contributed by atoms with van der Waals surface area (Å²) in [5, 5.41) is 2.88.